The van der Waals surface area contributed by atoms with Gasteiger partial charge in [0.25, 0.3) is 0 Å². The zero-order valence-corrected chi connectivity index (χ0v) is 10.8. The minimum Gasteiger partial charge on any atom is -0.478 e. The first-order valence-electron chi connectivity index (χ1n) is 6.54. The molecule has 2 N–H and O–H groups in total. The summed E-state index contributed by atoms with van der Waals surface area (Å²) in [5.41, 5.74) is 0.294. The SMILES string of the molecule is C/C(=C\[C@@H]1CC[C@@H](C)[C@H]2C(O)CC(=O)C21)C(=O)O. The number of carbonyl (C=O) groups is 2. The second-order valence-electron chi connectivity index (χ2n) is 5.71. The first-order valence-corrected chi connectivity index (χ1v) is 6.54. The van der Waals surface area contributed by atoms with E-state index in [4.69, 9.17) is 5.11 Å². The van der Waals surface area contributed by atoms with Crippen molar-refractivity contribution in [3.05, 3.63) is 11.6 Å². The number of fused-ring (bicyclic) bond motifs is 1. The summed E-state index contributed by atoms with van der Waals surface area (Å²) >= 11 is 0. The number of rotatable bonds is 2. The average Bonchev–Trinajstić information content (AvgIpc) is 2.59. The largest absolute Gasteiger partial charge is 0.478 e. The summed E-state index contributed by atoms with van der Waals surface area (Å²) in [5.74, 6) is -0.694. The van der Waals surface area contributed by atoms with Crippen LogP contribution in [0.15, 0.2) is 11.6 Å². The Balaban J connectivity index is 2.26. The van der Waals surface area contributed by atoms with E-state index in [0.29, 0.717) is 11.5 Å². The number of carbonyl (C=O) groups excluding carboxylic acids is 1. The van der Waals surface area contributed by atoms with E-state index in [1.807, 2.05) is 0 Å². The van der Waals surface area contributed by atoms with Gasteiger partial charge in [0, 0.05) is 17.9 Å². The maximum atomic E-state index is 12.0. The molecule has 5 atom stereocenters. The average molecular weight is 252 g/mol. The molecule has 100 valence electrons. The van der Waals surface area contributed by atoms with Crippen molar-refractivity contribution < 1.29 is 19.8 Å². The van der Waals surface area contributed by atoms with Crippen molar-refractivity contribution in [2.45, 2.75) is 39.2 Å². The minimum atomic E-state index is -0.934. The highest BCUT2D eigenvalue weighted by molar-refractivity contribution is 5.87. The summed E-state index contributed by atoms with van der Waals surface area (Å²) in [6.07, 6.45) is 3.18. The number of aliphatic hydroxyl groups excluding tert-OH is 1. The van der Waals surface area contributed by atoms with Crippen LogP contribution >= 0.6 is 0 Å². The molecule has 0 amide bonds. The second kappa shape index (κ2) is 4.84. The van der Waals surface area contributed by atoms with Crippen LogP contribution in [0.2, 0.25) is 0 Å². The van der Waals surface area contributed by atoms with Gasteiger partial charge in [-0.2, -0.15) is 0 Å². The van der Waals surface area contributed by atoms with Gasteiger partial charge in [-0.1, -0.05) is 13.0 Å². The number of aliphatic hydroxyl groups is 1. The third-order valence-corrected chi connectivity index (χ3v) is 4.52. The molecule has 2 fully saturated rings. The van der Waals surface area contributed by atoms with Crippen LogP contribution in [0.1, 0.15) is 33.1 Å². The van der Waals surface area contributed by atoms with Gasteiger partial charge in [0.2, 0.25) is 0 Å². The summed E-state index contributed by atoms with van der Waals surface area (Å²) in [6.45, 7) is 3.63. The topological polar surface area (TPSA) is 74.6 Å². The molecule has 2 rings (SSSR count). The van der Waals surface area contributed by atoms with Crippen molar-refractivity contribution in [3.63, 3.8) is 0 Å². The predicted molar refractivity (Wildman–Crippen MR) is 65.9 cm³/mol. The smallest absolute Gasteiger partial charge is 0.330 e. The Labute approximate surface area is 107 Å². The Bertz CT molecular complexity index is 399. The highest BCUT2D eigenvalue weighted by atomic mass is 16.4. The lowest BCUT2D eigenvalue weighted by molar-refractivity contribution is -0.132. The van der Waals surface area contributed by atoms with Crippen LogP contribution in [0.25, 0.3) is 0 Å². The third-order valence-electron chi connectivity index (χ3n) is 4.52. The zero-order chi connectivity index (χ0) is 13.4. The Kier molecular flexibility index (Phi) is 3.57. The number of ketones is 1. The molecule has 0 bridgehead atoms. The summed E-state index contributed by atoms with van der Waals surface area (Å²) in [6, 6.07) is 0. The maximum Gasteiger partial charge on any atom is 0.330 e. The number of carboxylic acids is 1. The molecule has 2 unspecified atom stereocenters. The standard InChI is InChI=1S/C14H20O4/c1-7-3-4-9(5-8(2)14(17)18)13-11(16)6-10(15)12(7)13/h5,7,9-10,12-13,15H,3-4,6H2,1-2H3,(H,17,18)/b8-5+/t7-,9+,10?,12+,13?/m1/s1. The Morgan fingerprint density at radius 3 is 2.67 bits per heavy atom. The molecule has 2 aliphatic carbocycles. The molecule has 2 saturated carbocycles. The van der Waals surface area contributed by atoms with E-state index in [2.05, 4.69) is 6.92 Å². The van der Waals surface area contributed by atoms with Crippen molar-refractivity contribution in [2.75, 3.05) is 0 Å². The van der Waals surface area contributed by atoms with Crippen LogP contribution in [0, 0.1) is 23.7 Å². The number of hydrogen-bond acceptors (Lipinski definition) is 3. The molecule has 0 spiro atoms. The van der Waals surface area contributed by atoms with Crippen LogP contribution in [-0.4, -0.2) is 28.1 Å². The summed E-state index contributed by atoms with van der Waals surface area (Å²) < 4.78 is 0. The van der Waals surface area contributed by atoms with Gasteiger partial charge >= 0.3 is 5.97 Å². The molecule has 4 heteroatoms. The highest BCUT2D eigenvalue weighted by Crippen LogP contribution is 2.47. The van der Waals surface area contributed by atoms with Gasteiger partial charge < -0.3 is 10.2 Å². The Morgan fingerprint density at radius 1 is 1.39 bits per heavy atom. The van der Waals surface area contributed by atoms with Gasteiger partial charge in [-0.15, -0.1) is 0 Å². The van der Waals surface area contributed by atoms with E-state index in [1.165, 1.54) is 0 Å². The van der Waals surface area contributed by atoms with Crippen LogP contribution in [0.5, 0.6) is 0 Å². The molecule has 4 nitrogen and oxygen atoms in total. The molecule has 0 heterocycles. The van der Waals surface area contributed by atoms with Crippen molar-refractivity contribution >= 4 is 11.8 Å². The van der Waals surface area contributed by atoms with Crippen molar-refractivity contribution in [1.82, 2.24) is 0 Å². The quantitative estimate of drug-likeness (QED) is 0.732. The molecule has 0 saturated heterocycles. The van der Waals surface area contributed by atoms with Crippen LogP contribution in [-0.2, 0) is 9.59 Å². The molecule has 0 radical (unpaired) electrons. The van der Waals surface area contributed by atoms with Gasteiger partial charge in [0.15, 0.2) is 0 Å². The van der Waals surface area contributed by atoms with E-state index >= 15 is 0 Å². The van der Waals surface area contributed by atoms with Crippen molar-refractivity contribution in [1.29, 1.82) is 0 Å². The number of allylic oxidation sites excluding steroid dienone is 1. The minimum absolute atomic E-state index is 0.00842. The van der Waals surface area contributed by atoms with E-state index in [0.717, 1.165) is 12.8 Å². The Morgan fingerprint density at radius 2 is 2.06 bits per heavy atom. The molecule has 0 aromatic rings. The van der Waals surface area contributed by atoms with Crippen LogP contribution in [0.4, 0.5) is 0 Å². The number of aliphatic carboxylic acids is 1. The molecular weight excluding hydrogens is 232 g/mol. The Hall–Kier alpha value is -1.16. The molecule has 0 aliphatic heterocycles. The summed E-state index contributed by atoms with van der Waals surface area (Å²) in [5, 5.41) is 18.9. The summed E-state index contributed by atoms with van der Waals surface area (Å²) in [7, 11) is 0. The fourth-order valence-corrected chi connectivity index (χ4v) is 3.60. The zero-order valence-electron chi connectivity index (χ0n) is 10.8. The van der Waals surface area contributed by atoms with E-state index in [1.54, 1.807) is 13.0 Å². The third kappa shape index (κ3) is 2.21. The molecular formula is C14H20O4. The second-order valence-corrected chi connectivity index (χ2v) is 5.71. The molecule has 0 aromatic carbocycles. The maximum absolute atomic E-state index is 12.0. The van der Waals surface area contributed by atoms with Gasteiger partial charge in [-0.05, 0) is 37.5 Å². The van der Waals surface area contributed by atoms with E-state index in [-0.39, 0.29) is 30.0 Å². The number of Topliss-reactive ketones (excluding diaryl/α,β-unsaturated/α-hetero) is 1. The molecule has 2 aliphatic rings. The van der Waals surface area contributed by atoms with Gasteiger partial charge in [0.1, 0.15) is 5.78 Å². The summed E-state index contributed by atoms with van der Waals surface area (Å²) in [4.78, 5) is 22.9. The fraction of sp³-hybridized carbons (Fsp3) is 0.714. The molecule has 18 heavy (non-hydrogen) atoms. The van der Waals surface area contributed by atoms with Gasteiger partial charge in [-0.3, -0.25) is 4.79 Å². The lowest BCUT2D eigenvalue weighted by atomic mass is 9.67. The van der Waals surface area contributed by atoms with Crippen LogP contribution in [0.3, 0.4) is 0 Å². The lowest BCUT2D eigenvalue weighted by Crippen LogP contribution is -2.36. The highest BCUT2D eigenvalue weighted by Gasteiger charge is 2.49. The van der Waals surface area contributed by atoms with Crippen molar-refractivity contribution in [2.24, 2.45) is 23.7 Å². The monoisotopic (exact) mass is 252 g/mol. The first kappa shape index (κ1) is 13.3. The predicted octanol–water partition coefficient (Wildman–Crippen LogP) is 1.63. The van der Waals surface area contributed by atoms with Gasteiger partial charge in [-0.25, -0.2) is 4.79 Å². The van der Waals surface area contributed by atoms with E-state index in [9.17, 15) is 14.7 Å². The van der Waals surface area contributed by atoms with Gasteiger partial charge in [0.05, 0.1) is 6.10 Å². The number of carboxylic acid groups (broad SMARTS) is 1. The van der Waals surface area contributed by atoms with E-state index < -0.39 is 12.1 Å². The molecule has 0 aromatic heterocycles. The van der Waals surface area contributed by atoms with Crippen LogP contribution < -0.4 is 0 Å². The first-order chi connectivity index (χ1) is 8.41. The lowest BCUT2D eigenvalue weighted by Gasteiger charge is -2.37. The van der Waals surface area contributed by atoms with Crippen molar-refractivity contribution in [3.8, 4) is 0 Å². The fourth-order valence-electron chi connectivity index (χ4n) is 3.60. The normalized spacial score (nSPS) is 40.7. The number of hydrogen-bond donors (Lipinski definition) is 2.